The molecule has 0 saturated heterocycles. The van der Waals surface area contributed by atoms with E-state index in [1.807, 2.05) is 0 Å². The molecule has 0 spiro atoms. The summed E-state index contributed by atoms with van der Waals surface area (Å²) in [5.41, 5.74) is 25.0. The summed E-state index contributed by atoms with van der Waals surface area (Å²) in [6.45, 7) is 4.81. The molecule has 16 rings (SSSR count). The Hall–Kier alpha value is -9.96. The van der Waals surface area contributed by atoms with Gasteiger partial charge in [-0.05, 0) is 152 Å². The van der Waals surface area contributed by atoms with Crippen LogP contribution in [0.15, 0.2) is 285 Å². The van der Waals surface area contributed by atoms with Gasteiger partial charge in [0.15, 0.2) is 0 Å². The lowest BCUT2D eigenvalue weighted by Gasteiger charge is -2.34. The third-order valence-electron chi connectivity index (χ3n) is 17.6. The molecule has 3 heteroatoms. The normalized spacial score (nSPS) is 13.6. The van der Waals surface area contributed by atoms with Crippen LogP contribution in [0, 0.1) is 0 Å². The van der Waals surface area contributed by atoms with Crippen LogP contribution >= 0.6 is 0 Å². The van der Waals surface area contributed by atoms with Crippen molar-refractivity contribution in [1.82, 2.24) is 9.13 Å². The van der Waals surface area contributed by atoms with Gasteiger partial charge in [0.05, 0.1) is 27.5 Å². The fraction of sp³-hybridized carbons (Fsp3) is 0.0526. The largest absolute Gasteiger partial charge is 0.310 e. The van der Waals surface area contributed by atoms with E-state index < -0.39 is 5.41 Å². The van der Waals surface area contributed by atoms with Crippen LogP contribution in [0.3, 0.4) is 0 Å². The number of fused-ring (bicyclic) bond motifs is 12. The maximum absolute atomic E-state index is 2.48. The van der Waals surface area contributed by atoms with Gasteiger partial charge >= 0.3 is 0 Å². The molecule has 0 saturated carbocycles. The van der Waals surface area contributed by atoms with Gasteiger partial charge in [0.2, 0.25) is 0 Å². The summed E-state index contributed by atoms with van der Waals surface area (Å²) >= 11 is 0. The van der Waals surface area contributed by atoms with Crippen LogP contribution < -0.4 is 4.90 Å². The summed E-state index contributed by atoms with van der Waals surface area (Å²) in [6, 6.07) is 106. The Balaban J connectivity index is 0.834. The monoisotopic (exact) mass is 1010 g/mol. The van der Waals surface area contributed by atoms with Crippen LogP contribution in [0.25, 0.3) is 88.4 Å². The van der Waals surface area contributed by atoms with E-state index in [4.69, 9.17) is 0 Å². The highest BCUT2D eigenvalue weighted by atomic mass is 15.1. The molecule has 0 radical (unpaired) electrons. The Kier molecular flexibility index (Phi) is 9.90. The molecule has 2 aromatic heterocycles. The first-order chi connectivity index (χ1) is 38.9. The summed E-state index contributed by atoms with van der Waals surface area (Å²) < 4.78 is 4.83. The van der Waals surface area contributed by atoms with Gasteiger partial charge in [0, 0.05) is 55.4 Å². The second kappa shape index (κ2) is 17.3. The van der Waals surface area contributed by atoms with Gasteiger partial charge in [-0.15, -0.1) is 0 Å². The van der Waals surface area contributed by atoms with E-state index in [1.54, 1.807) is 0 Å². The Bertz CT molecular complexity index is 4580. The topological polar surface area (TPSA) is 13.1 Å². The number of rotatable bonds is 8. The minimum atomic E-state index is -0.488. The van der Waals surface area contributed by atoms with Crippen molar-refractivity contribution in [3.63, 3.8) is 0 Å². The number of aromatic nitrogens is 2. The first-order valence-electron chi connectivity index (χ1n) is 27.6. The lowest BCUT2D eigenvalue weighted by molar-refractivity contribution is 0.660. The fourth-order valence-electron chi connectivity index (χ4n) is 14.0. The van der Waals surface area contributed by atoms with Crippen LogP contribution in [-0.4, -0.2) is 9.13 Å². The van der Waals surface area contributed by atoms with Crippen molar-refractivity contribution in [3.8, 4) is 44.8 Å². The van der Waals surface area contributed by atoms with E-state index in [0.717, 1.165) is 22.7 Å². The summed E-state index contributed by atoms with van der Waals surface area (Å²) in [5, 5.41) is 5.08. The van der Waals surface area contributed by atoms with E-state index in [9.17, 15) is 0 Å². The van der Waals surface area contributed by atoms with Crippen molar-refractivity contribution in [2.45, 2.75) is 24.7 Å². The number of hydrogen-bond acceptors (Lipinski definition) is 1. The molecule has 0 unspecified atom stereocenters. The zero-order chi connectivity index (χ0) is 52.4. The molecule has 2 aliphatic rings. The third kappa shape index (κ3) is 6.60. The Labute approximate surface area is 460 Å². The quantitative estimate of drug-likeness (QED) is 0.148. The van der Waals surface area contributed by atoms with Gasteiger partial charge in [-0.25, -0.2) is 0 Å². The first kappa shape index (κ1) is 45.3. The number of benzene rings is 12. The van der Waals surface area contributed by atoms with Crippen LogP contribution in [0.1, 0.15) is 47.2 Å². The van der Waals surface area contributed by atoms with Gasteiger partial charge in [0.1, 0.15) is 0 Å². The Morgan fingerprint density at radius 2 is 0.671 bits per heavy atom. The van der Waals surface area contributed by atoms with Crippen molar-refractivity contribution in [2.75, 3.05) is 4.90 Å². The van der Waals surface area contributed by atoms with Crippen LogP contribution in [0.2, 0.25) is 0 Å². The molecule has 0 N–H and O–H groups in total. The second-order valence-electron chi connectivity index (χ2n) is 22.0. The lowest BCUT2D eigenvalue weighted by atomic mass is 9.68. The number of para-hydroxylation sites is 4. The maximum Gasteiger partial charge on any atom is 0.0713 e. The summed E-state index contributed by atoms with van der Waals surface area (Å²) in [4.78, 5) is 2.48. The van der Waals surface area contributed by atoms with E-state index in [2.05, 4.69) is 313 Å². The molecule has 0 bridgehead atoms. The summed E-state index contributed by atoms with van der Waals surface area (Å²) in [7, 11) is 0. The predicted molar refractivity (Wildman–Crippen MR) is 330 cm³/mol. The molecule has 14 aromatic rings. The average molecular weight is 1010 g/mol. The van der Waals surface area contributed by atoms with Crippen molar-refractivity contribution >= 4 is 60.7 Å². The zero-order valence-corrected chi connectivity index (χ0v) is 44.0. The van der Waals surface area contributed by atoms with E-state index in [0.29, 0.717) is 0 Å². The number of hydrogen-bond donors (Lipinski definition) is 0. The molecule has 0 atom stereocenters. The first-order valence-corrected chi connectivity index (χ1v) is 27.6. The van der Waals surface area contributed by atoms with Crippen LogP contribution in [-0.2, 0) is 10.8 Å². The molecular weight excluding hydrogens is 955 g/mol. The highest BCUT2D eigenvalue weighted by molar-refractivity contribution is 6.10. The van der Waals surface area contributed by atoms with E-state index in [-0.39, 0.29) is 5.41 Å². The van der Waals surface area contributed by atoms with Gasteiger partial charge in [-0.1, -0.05) is 214 Å². The smallest absolute Gasteiger partial charge is 0.0713 e. The molecule has 3 nitrogen and oxygen atoms in total. The van der Waals surface area contributed by atoms with Crippen molar-refractivity contribution in [3.05, 3.63) is 318 Å². The van der Waals surface area contributed by atoms with Gasteiger partial charge in [0.25, 0.3) is 0 Å². The number of anilines is 3. The third-order valence-corrected chi connectivity index (χ3v) is 17.6. The minimum Gasteiger partial charge on any atom is -0.310 e. The Morgan fingerprint density at radius 1 is 0.278 bits per heavy atom. The minimum absolute atomic E-state index is 0.280. The molecule has 2 aliphatic carbocycles. The zero-order valence-electron chi connectivity index (χ0n) is 44.0. The highest BCUT2D eigenvalue weighted by Gasteiger charge is 2.46. The molecule has 79 heavy (non-hydrogen) atoms. The Morgan fingerprint density at radius 3 is 1.24 bits per heavy atom. The van der Waals surface area contributed by atoms with Crippen molar-refractivity contribution in [2.24, 2.45) is 0 Å². The average Bonchev–Trinajstić information content (AvgIpc) is 3.76. The van der Waals surface area contributed by atoms with E-state index >= 15 is 0 Å². The van der Waals surface area contributed by atoms with E-state index in [1.165, 1.54) is 116 Å². The van der Waals surface area contributed by atoms with Crippen molar-refractivity contribution in [1.29, 1.82) is 0 Å². The standard InChI is InChI=1S/C76H53N3/c1-75(2)69-48-57(41-44-60(69)61-45-42-58(49-70(61)75)79-73-31-17-12-26-64(73)65-27-13-18-32-74(65)79)77(54-37-33-50(34-38-54)51-35-39-55(40-36-51)78-71-29-15-10-24-62(71)63-25-11-16-30-72(63)78)56-43-46-68-66(47-56)59-23-9-14-28-67(59)76(68,52-19-5-3-6-20-52)53-21-7-4-8-22-53/h3-49H,1-2H3. The molecule has 12 aromatic carbocycles. The fourth-order valence-corrected chi connectivity index (χ4v) is 14.0. The molecular formula is C76H53N3. The van der Waals surface area contributed by atoms with Gasteiger partial charge in [-0.2, -0.15) is 0 Å². The molecule has 0 fully saturated rings. The highest BCUT2D eigenvalue weighted by Crippen LogP contribution is 2.58. The number of nitrogens with zero attached hydrogens (tertiary/aromatic N) is 3. The molecule has 2 heterocycles. The molecule has 0 aliphatic heterocycles. The van der Waals surface area contributed by atoms with Gasteiger partial charge in [-0.3, -0.25) is 0 Å². The molecule has 372 valence electrons. The predicted octanol–water partition coefficient (Wildman–Crippen LogP) is 19.7. The summed E-state index contributed by atoms with van der Waals surface area (Å²) in [6.07, 6.45) is 0. The van der Waals surface area contributed by atoms with Gasteiger partial charge < -0.3 is 14.0 Å². The summed E-state index contributed by atoms with van der Waals surface area (Å²) in [5.74, 6) is 0. The lowest BCUT2D eigenvalue weighted by Crippen LogP contribution is -2.28. The van der Waals surface area contributed by atoms with Crippen molar-refractivity contribution < 1.29 is 0 Å². The van der Waals surface area contributed by atoms with Crippen LogP contribution in [0.5, 0.6) is 0 Å². The molecule has 0 amide bonds. The second-order valence-corrected chi connectivity index (χ2v) is 22.0. The SMILES string of the molecule is CC1(C)c2cc(N(c3ccc(-c4ccc(-n5c6ccccc6c6ccccc65)cc4)cc3)c3ccc4c(c3)-c3ccccc3C4(c3ccccc3)c3ccccc3)ccc2-c2ccc(-n3c4ccccc4c4ccccc43)cc21. The van der Waals surface area contributed by atoms with Crippen LogP contribution in [0.4, 0.5) is 17.1 Å². The maximum atomic E-state index is 2.48.